The average Bonchev–Trinajstić information content (AvgIpc) is 2.60. The number of hydrogen-bond acceptors (Lipinski definition) is 4. The molecule has 1 saturated heterocycles. The third-order valence-corrected chi connectivity index (χ3v) is 3.76. The first-order chi connectivity index (χ1) is 11.2. The fraction of sp³-hybridized carbons (Fsp3) is 0.471. The van der Waals surface area contributed by atoms with E-state index in [0.717, 1.165) is 5.75 Å². The van der Waals surface area contributed by atoms with Gasteiger partial charge in [0.25, 0.3) is 0 Å². The number of nitriles is 1. The van der Waals surface area contributed by atoms with Crippen molar-refractivity contribution in [2.24, 2.45) is 0 Å². The molecule has 0 saturated carbocycles. The van der Waals surface area contributed by atoms with E-state index in [1.165, 1.54) is 0 Å². The predicted molar refractivity (Wildman–Crippen MR) is 84.6 cm³/mol. The molecule has 1 aliphatic rings. The maximum absolute atomic E-state index is 12.1. The Bertz CT molecular complexity index is 560. The molecule has 1 aromatic rings. The highest BCUT2D eigenvalue weighted by molar-refractivity contribution is 5.79. The molecule has 0 aromatic heterocycles. The number of benzene rings is 1. The van der Waals surface area contributed by atoms with E-state index in [1.807, 2.05) is 36.4 Å². The number of amides is 2. The second-order valence-electron chi connectivity index (χ2n) is 5.36. The molecule has 0 unspecified atom stereocenters. The van der Waals surface area contributed by atoms with Crippen LogP contribution in [0.2, 0.25) is 0 Å². The number of ether oxygens (including phenoxy) is 1. The van der Waals surface area contributed by atoms with Crippen molar-refractivity contribution in [1.82, 2.24) is 9.80 Å². The van der Waals surface area contributed by atoms with E-state index in [4.69, 9.17) is 10.00 Å². The van der Waals surface area contributed by atoms with Crippen LogP contribution in [0.3, 0.4) is 0 Å². The van der Waals surface area contributed by atoms with Gasteiger partial charge in [-0.25, -0.2) is 0 Å². The fourth-order valence-corrected chi connectivity index (χ4v) is 2.47. The molecule has 122 valence electrons. The molecule has 23 heavy (non-hydrogen) atoms. The van der Waals surface area contributed by atoms with Crippen molar-refractivity contribution in [1.29, 1.82) is 5.26 Å². The number of carbonyl (C=O) groups excluding carboxylic acids is 2. The molecule has 0 aliphatic carbocycles. The van der Waals surface area contributed by atoms with Gasteiger partial charge in [-0.05, 0) is 18.6 Å². The summed E-state index contributed by atoms with van der Waals surface area (Å²) in [6.07, 6.45) is 1.02. The van der Waals surface area contributed by atoms with Gasteiger partial charge in [0.15, 0.2) is 0 Å². The minimum absolute atomic E-state index is 0.0917. The number of nitrogens with zero attached hydrogens (tertiary/aromatic N) is 3. The van der Waals surface area contributed by atoms with E-state index in [9.17, 15) is 9.59 Å². The maximum Gasteiger partial charge on any atom is 0.236 e. The summed E-state index contributed by atoms with van der Waals surface area (Å²) in [7, 11) is 0. The topological polar surface area (TPSA) is 73.6 Å². The third kappa shape index (κ3) is 5.29. The normalized spacial score (nSPS) is 14.2. The summed E-state index contributed by atoms with van der Waals surface area (Å²) in [6, 6.07) is 11.4. The molecule has 6 nitrogen and oxygen atoms in total. The Kier molecular flexibility index (Phi) is 6.42. The third-order valence-electron chi connectivity index (χ3n) is 3.76. The van der Waals surface area contributed by atoms with Crippen molar-refractivity contribution in [3.63, 3.8) is 0 Å². The minimum atomic E-state index is -0.157. The monoisotopic (exact) mass is 315 g/mol. The molecule has 1 heterocycles. The summed E-state index contributed by atoms with van der Waals surface area (Å²) >= 11 is 0. The number of para-hydroxylation sites is 1. The molecule has 1 fully saturated rings. The summed E-state index contributed by atoms with van der Waals surface area (Å²) in [5.74, 6) is 0.745. The van der Waals surface area contributed by atoms with E-state index in [-0.39, 0.29) is 18.2 Å². The van der Waals surface area contributed by atoms with Gasteiger partial charge in [0.05, 0.1) is 12.7 Å². The maximum atomic E-state index is 12.1. The first kappa shape index (κ1) is 16.8. The number of piperazine rings is 1. The Morgan fingerprint density at radius 3 is 2.26 bits per heavy atom. The van der Waals surface area contributed by atoms with Crippen molar-refractivity contribution < 1.29 is 14.3 Å². The zero-order chi connectivity index (χ0) is 16.5. The molecule has 2 rings (SSSR count). The first-order valence-electron chi connectivity index (χ1n) is 7.81. The second-order valence-corrected chi connectivity index (χ2v) is 5.36. The van der Waals surface area contributed by atoms with Crippen LogP contribution in [0.15, 0.2) is 30.3 Å². The fourth-order valence-electron chi connectivity index (χ4n) is 2.47. The van der Waals surface area contributed by atoms with Gasteiger partial charge in [0.1, 0.15) is 12.2 Å². The lowest BCUT2D eigenvalue weighted by atomic mass is 10.2. The van der Waals surface area contributed by atoms with E-state index < -0.39 is 0 Å². The van der Waals surface area contributed by atoms with Crippen LogP contribution >= 0.6 is 0 Å². The quantitative estimate of drug-likeness (QED) is 0.744. The van der Waals surface area contributed by atoms with E-state index in [1.54, 1.807) is 9.80 Å². The van der Waals surface area contributed by atoms with Crippen LogP contribution in [-0.2, 0) is 9.59 Å². The summed E-state index contributed by atoms with van der Waals surface area (Å²) in [5, 5.41) is 8.54. The van der Waals surface area contributed by atoms with Gasteiger partial charge in [-0.1, -0.05) is 18.2 Å². The number of hydrogen-bond donors (Lipinski definition) is 0. The van der Waals surface area contributed by atoms with Crippen LogP contribution in [0.4, 0.5) is 0 Å². The van der Waals surface area contributed by atoms with Gasteiger partial charge in [-0.2, -0.15) is 5.26 Å². The largest absolute Gasteiger partial charge is 0.494 e. The molecule has 1 aliphatic heterocycles. The van der Waals surface area contributed by atoms with E-state index in [0.29, 0.717) is 45.6 Å². The molecule has 6 heteroatoms. The van der Waals surface area contributed by atoms with Gasteiger partial charge in [-0.15, -0.1) is 0 Å². The van der Waals surface area contributed by atoms with Crippen LogP contribution in [0.1, 0.15) is 19.3 Å². The molecular weight excluding hydrogens is 294 g/mol. The highest BCUT2D eigenvalue weighted by Crippen LogP contribution is 2.10. The summed E-state index contributed by atoms with van der Waals surface area (Å²) in [6.45, 7) is 2.60. The van der Waals surface area contributed by atoms with Crippen molar-refractivity contribution in [3.05, 3.63) is 30.3 Å². The van der Waals surface area contributed by atoms with Crippen molar-refractivity contribution in [3.8, 4) is 11.8 Å². The van der Waals surface area contributed by atoms with Gasteiger partial charge in [0, 0.05) is 32.6 Å². The van der Waals surface area contributed by atoms with E-state index in [2.05, 4.69) is 0 Å². The minimum Gasteiger partial charge on any atom is -0.494 e. The zero-order valence-electron chi connectivity index (χ0n) is 13.1. The number of carbonyl (C=O) groups is 2. The van der Waals surface area contributed by atoms with Crippen molar-refractivity contribution in [2.75, 3.05) is 32.8 Å². The van der Waals surface area contributed by atoms with Crippen molar-refractivity contribution >= 4 is 11.8 Å². The average molecular weight is 315 g/mol. The summed E-state index contributed by atoms with van der Waals surface area (Å²) in [4.78, 5) is 27.2. The highest BCUT2D eigenvalue weighted by Gasteiger charge is 2.23. The molecular formula is C17H21N3O3. The molecule has 2 amide bonds. The molecule has 0 atom stereocenters. The summed E-state index contributed by atoms with van der Waals surface area (Å²) in [5.41, 5.74) is 0. The van der Waals surface area contributed by atoms with Crippen LogP contribution in [0.5, 0.6) is 5.75 Å². The highest BCUT2D eigenvalue weighted by atomic mass is 16.5. The lowest BCUT2D eigenvalue weighted by Crippen LogP contribution is -2.50. The van der Waals surface area contributed by atoms with Gasteiger partial charge in [0.2, 0.25) is 11.8 Å². The van der Waals surface area contributed by atoms with Gasteiger partial charge >= 0.3 is 0 Å². The Labute approximate surface area is 136 Å². The van der Waals surface area contributed by atoms with E-state index >= 15 is 0 Å². The predicted octanol–water partition coefficient (Wildman–Crippen LogP) is 1.43. The lowest BCUT2D eigenvalue weighted by Gasteiger charge is -2.34. The number of rotatable bonds is 6. The Morgan fingerprint density at radius 2 is 1.65 bits per heavy atom. The molecule has 1 aromatic carbocycles. The molecule has 0 spiro atoms. The Hall–Kier alpha value is -2.55. The Balaban J connectivity index is 1.63. The lowest BCUT2D eigenvalue weighted by molar-refractivity contribution is -0.139. The second kappa shape index (κ2) is 8.79. The van der Waals surface area contributed by atoms with Gasteiger partial charge < -0.3 is 14.5 Å². The van der Waals surface area contributed by atoms with Crippen LogP contribution in [0, 0.1) is 11.3 Å². The van der Waals surface area contributed by atoms with Crippen LogP contribution in [-0.4, -0.2) is 54.4 Å². The van der Waals surface area contributed by atoms with Crippen LogP contribution in [0.25, 0.3) is 0 Å². The molecule has 0 bridgehead atoms. The summed E-state index contributed by atoms with van der Waals surface area (Å²) < 4.78 is 5.56. The van der Waals surface area contributed by atoms with Gasteiger partial charge in [-0.3, -0.25) is 9.59 Å². The van der Waals surface area contributed by atoms with Crippen LogP contribution < -0.4 is 4.74 Å². The standard InChI is InChI=1S/C17H21N3O3/c18-9-8-17(22)20-12-10-19(11-13-20)16(21)7-4-14-23-15-5-2-1-3-6-15/h1-3,5-6H,4,7-8,10-14H2. The Morgan fingerprint density at radius 1 is 1.04 bits per heavy atom. The smallest absolute Gasteiger partial charge is 0.236 e. The van der Waals surface area contributed by atoms with Crippen molar-refractivity contribution in [2.45, 2.75) is 19.3 Å². The molecule has 0 radical (unpaired) electrons. The SMILES string of the molecule is N#CCC(=O)N1CCN(C(=O)CCCOc2ccccc2)CC1. The molecule has 0 N–H and O–H groups in total. The zero-order valence-corrected chi connectivity index (χ0v) is 13.1. The first-order valence-corrected chi connectivity index (χ1v) is 7.81.